The van der Waals surface area contributed by atoms with Gasteiger partial charge >= 0.3 is 0 Å². The van der Waals surface area contributed by atoms with Gasteiger partial charge in [-0.15, -0.1) is 0 Å². The molecule has 0 atom stereocenters. The lowest BCUT2D eigenvalue weighted by Crippen LogP contribution is -2.28. The number of rotatable bonds is 4. The molecule has 3 aromatic rings. The van der Waals surface area contributed by atoms with Gasteiger partial charge < -0.3 is 10.1 Å². The molecule has 3 heterocycles. The fourth-order valence-electron chi connectivity index (χ4n) is 2.69. The molecule has 0 spiro atoms. The summed E-state index contributed by atoms with van der Waals surface area (Å²) in [5.41, 5.74) is 1.10. The third-order valence-electron chi connectivity index (χ3n) is 3.54. The zero-order chi connectivity index (χ0) is 16.8. The number of nitrogens with one attached hydrogen (secondary N) is 1. The van der Waals surface area contributed by atoms with Gasteiger partial charge in [-0.3, -0.25) is 4.98 Å². The van der Waals surface area contributed by atoms with Crippen LogP contribution in [0.5, 0.6) is 5.75 Å². The van der Waals surface area contributed by atoms with Crippen LogP contribution < -0.4 is 0 Å². The largest absolute Gasteiger partial charge is 0.504 e. The minimum Gasteiger partial charge on any atom is -0.504 e. The van der Waals surface area contributed by atoms with Crippen LogP contribution in [-0.2, 0) is 15.3 Å². The normalized spacial score (nSPS) is 12.8. The van der Waals surface area contributed by atoms with Gasteiger partial charge in [0.15, 0.2) is 5.75 Å². The molecule has 0 aliphatic rings. The molecule has 3 aromatic heterocycles. The van der Waals surface area contributed by atoms with E-state index in [0.29, 0.717) is 11.2 Å². The molecule has 0 radical (unpaired) electrons. The summed E-state index contributed by atoms with van der Waals surface area (Å²) in [7, 11) is -3.17. The van der Waals surface area contributed by atoms with Crippen molar-refractivity contribution in [1.29, 1.82) is 0 Å². The van der Waals surface area contributed by atoms with E-state index in [9.17, 15) is 13.5 Å². The molecule has 0 aliphatic heterocycles. The van der Waals surface area contributed by atoms with E-state index in [1.165, 1.54) is 17.6 Å². The van der Waals surface area contributed by atoms with Crippen molar-refractivity contribution in [3.63, 3.8) is 0 Å². The summed E-state index contributed by atoms with van der Waals surface area (Å²) < 4.78 is 23.2. The Labute approximate surface area is 138 Å². The Morgan fingerprint density at radius 2 is 2.13 bits per heavy atom. The highest BCUT2D eigenvalue weighted by molar-refractivity contribution is 7.90. The summed E-state index contributed by atoms with van der Waals surface area (Å²) in [5.74, 6) is -0.0448. The Kier molecular flexibility index (Phi) is 3.68. The predicted molar refractivity (Wildman–Crippen MR) is 91.6 cm³/mol. The highest BCUT2D eigenvalue weighted by Gasteiger charge is 2.32. The first-order valence-corrected chi connectivity index (χ1v) is 9.85. The number of nitrogens with zero attached hydrogens (tertiary/aromatic N) is 2. The Balaban J connectivity index is 2.06. The number of thiazole rings is 1. The van der Waals surface area contributed by atoms with Gasteiger partial charge in [0.25, 0.3) is 0 Å². The number of aromatic nitrogens is 3. The molecule has 0 saturated carbocycles. The summed E-state index contributed by atoms with van der Waals surface area (Å²) in [6.45, 7) is 3.57. The lowest BCUT2D eigenvalue weighted by molar-refractivity contribution is 0.447. The average molecular weight is 351 g/mol. The smallest absolute Gasteiger partial charge is 0.164 e. The monoisotopic (exact) mass is 351 g/mol. The van der Waals surface area contributed by atoms with E-state index in [4.69, 9.17) is 0 Å². The topological polar surface area (TPSA) is 95.9 Å². The van der Waals surface area contributed by atoms with Crippen molar-refractivity contribution in [2.24, 2.45) is 0 Å². The first kappa shape index (κ1) is 15.9. The number of aromatic amines is 1. The molecule has 0 unspecified atom stereocenters. The van der Waals surface area contributed by atoms with Crippen molar-refractivity contribution in [3.8, 4) is 16.3 Å². The maximum atomic E-state index is 11.6. The summed E-state index contributed by atoms with van der Waals surface area (Å²) in [6, 6.07) is 3.72. The van der Waals surface area contributed by atoms with Gasteiger partial charge in [0, 0.05) is 29.6 Å². The van der Waals surface area contributed by atoms with Crippen molar-refractivity contribution in [1.82, 2.24) is 15.0 Å². The first-order chi connectivity index (χ1) is 10.7. The van der Waals surface area contributed by atoms with E-state index in [2.05, 4.69) is 15.0 Å². The van der Waals surface area contributed by atoms with Crippen LogP contribution in [0.25, 0.3) is 20.9 Å². The van der Waals surface area contributed by atoms with E-state index >= 15 is 0 Å². The Bertz CT molecular complexity index is 957. The predicted octanol–water partition coefficient (Wildman–Crippen LogP) is 2.71. The van der Waals surface area contributed by atoms with Crippen LogP contribution in [0.1, 0.15) is 19.5 Å². The van der Waals surface area contributed by atoms with Crippen molar-refractivity contribution in [3.05, 3.63) is 30.2 Å². The maximum absolute atomic E-state index is 11.6. The highest BCUT2D eigenvalue weighted by atomic mass is 32.2. The van der Waals surface area contributed by atoms with Gasteiger partial charge in [0.1, 0.15) is 25.2 Å². The number of aromatic hydroxyl groups is 1. The second-order valence-corrected chi connectivity index (χ2v) is 9.38. The Morgan fingerprint density at radius 1 is 1.39 bits per heavy atom. The van der Waals surface area contributed by atoms with Crippen LogP contribution in [0.15, 0.2) is 24.5 Å². The number of hydrogen-bond donors (Lipinski definition) is 2. The molecular formula is C15H17N3O3S2. The summed E-state index contributed by atoms with van der Waals surface area (Å²) >= 11 is 1.40. The quantitative estimate of drug-likeness (QED) is 0.753. The number of sulfone groups is 1. The van der Waals surface area contributed by atoms with E-state index in [-0.39, 0.29) is 11.5 Å². The molecule has 122 valence electrons. The Hall–Kier alpha value is -1.93. The molecule has 6 nitrogen and oxygen atoms in total. The van der Waals surface area contributed by atoms with Crippen molar-refractivity contribution in [2.75, 3.05) is 12.0 Å². The van der Waals surface area contributed by atoms with E-state index in [1.807, 2.05) is 12.1 Å². The molecule has 3 rings (SSSR count). The molecule has 2 N–H and O–H groups in total. The van der Waals surface area contributed by atoms with Crippen LogP contribution >= 0.6 is 11.3 Å². The molecule has 0 aromatic carbocycles. The first-order valence-electron chi connectivity index (χ1n) is 6.97. The maximum Gasteiger partial charge on any atom is 0.164 e. The minimum absolute atomic E-state index is 0.0139. The van der Waals surface area contributed by atoms with E-state index < -0.39 is 15.3 Å². The minimum atomic E-state index is -3.17. The average Bonchev–Trinajstić information content (AvgIpc) is 2.98. The van der Waals surface area contributed by atoms with Gasteiger partial charge in [0.2, 0.25) is 0 Å². The SMILES string of the molecule is CC(C)(CS(C)(=O)=O)c1[nH]c2sc(-c3cccnc3)nc2c1O. The fourth-order valence-corrected chi connectivity index (χ4v) is 5.10. The van der Waals surface area contributed by atoms with Crippen LogP contribution in [0.4, 0.5) is 0 Å². The lowest BCUT2D eigenvalue weighted by Gasteiger charge is -2.22. The number of H-pyrrole nitrogens is 1. The standard InChI is InChI=1S/C15H17N3O3S2/c1-15(2,8-23(3,20)21)12-11(19)10-14(18-12)22-13(17-10)9-5-4-6-16-7-9/h4-7,18-19H,8H2,1-3H3. The molecule has 0 fully saturated rings. The van der Waals surface area contributed by atoms with Gasteiger partial charge in [-0.1, -0.05) is 25.2 Å². The van der Waals surface area contributed by atoms with Crippen LogP contribution in [0.2, 0.25) is 0 Å². The third kappa shape index (κ3) is 3.09. The zero-order valence-corrected chi connectivity index (χ0v) is 14.6. The summed E-state index contributed by atoms with van der Waals surface area (Å²) in [4.78, 5) is 12.4. The summed E-state index contributed by atoms with van der Waals surface area (Å²) in [6.07, 6.45) is 4.59. The molecule has 0 aliphatic carbocycles. The molecule has 8 heteroatoms. The molecule has 0 amide bonds. The molecule has 0 bridgehead atoms. The fraction of sp³-hybridized carbons (Fsp3) is 0.333. The van der Waals surface area contributed by atoms with Crippen LogP contribution in [-0.4, -0.2) is 40.5 Å². The van der Waals surface area contributed by atoms with E-state index in [1.54, 1.807) is 26.2 Å². The van der Waals surface area contributed by atoms with Crippen LogP contribution in [0.3, 0.4) is 0 Å². The number of fused-ring (bicyclic) bond motifs is 1. The number of hydrogen-bond acceptors (Lipinski definition) is 6. The van der Waals surface area contributed by atoms with Gasteiger partial charge in [-0.25, -0.2) is 13.4 Å². The van der Waals surface area contributed by atoms with Crippen molar-refractivity contribution >= 4 is 31.5 Å². The zero-order valence-electron chi connectivity index (χ0n) is 13.0. The molecule has 0 saturated heterocycles. The molecular weight excluding hydrogens is 334 g/mol. The lowest BCUT2D eigenvalue weighted by atomic mass is 9.91. The highest BCUT2D eigenvalue weighted by Crippen LogP contribution is 2.41. The van der Waals surface area contributed by atoms with Gasteiger partial charge in [-0.05, 0) is 12.1 Å². The second-order valence-electron chi connectivity index (χ2n) is 6.24. The van der Waals surface area contributed by atoms with Crippen LogP contribution in [0, 0.1) is 0 Å². The van der Waals surface area contributed by atoms with Crippen molar-refractivity contribution in [2.45, 2.75) is 19.3 Å². The third-order valence-corrected chi connectivity index (χ3v) is 5.80. The van der Waals surface area contributed by atoms with Gasteiger partial charge in [0.05, 0.1) is 11.4 Å². The number of pyridine rings is 1. The van der Waals surface area contributed by atoms with Gasteiger partial charge in [-0.2, -0.15) is 0 Å². The van der Waals surface area contributed by atoms with E-state index in [0.717, 1.165) is 15.4 Å². The summed E-state index contributed by atoms with van der Waals surface area (Å²) in [5, 5.41) is 11.2. The molecule has 23 heavy (non-hydrogen) atoms. The Morgan fingerprint density at radius 3 is 2.70 bits per heavy atom. The van der Waals surface area contributed by atoms with Crippen molar-refractivity contribution < 1.29 is 13.5 Å². The second kappa shape index (κ2) is 5.31.